The van der Waals surface area contributed by atoms with Crippen LogP contribution in [0.4, 0.5) is 0 Å². The van der Waals surface area contributed by atoms with E-state index < -0.39 is 0 Å². The van der Waals surface area contributed by atoms with Gasteiger partial charge in [0, 0.05) is 25.2 Å². The Kier molecular flexibility index (Phi) is 2.67. The third kappa shape index (κ3) is 1.86. The first-order valence-corrected chi connectivity index (χ1v) is 6.45. The number of hydrogen-bond acceptors (Lipinski definition) is 3. The molecule has 1 aliphatic heterocycles. The topological polar surface area (TPSA) is 42.7 Å². The van der Waals surface area contributed by atoms with E-state index in [4.69, 9.17) is 0 Å². The predicted molar refractivity (Wildman–Crippen MR) is 62.3 cm³/mol. The van der Waals surface area contributed by atoms with Crippen LogP contribution < -0.4 is 5.32 Å². The smallest absolute Gasteiger partial charge is 0.0858 e. The van der Waals surface area contributed by atoms with Crippen LogP contribution in [0.2, 0.25) is 0 Å². The molecule has 1 saturated carbocycles. The molecular weight excluding hydrogens is 200 g/mol. The van der Waals surface area contributed by atoms with Gasteiger partial charge in [-0.15, -0.1) is 5.10 Å². The maximum Gasteiger partial charge on any atom is 0.0858 e. The summed E-state index contributed by atoms with van der Waals surface area (Å²) in [6, 6.07) is 0.544. The molecule has 4 heteroatoms. The highest BCUT2D eigenvalue weighted by molar-refractivity contribution is 5.05. The molecule has 1 aromatic heterocycles. The maximum absolute atomic E-state index is 4.36. The number of aromatic nitrogens is 3. The highest BCUT2D eigenvalue weighted by Gasteiger charge is 2.25. The lowest BCUT2D eigenvalue weighted by atomic mass is 9.81. The molecule has 2 aliphatic rings. The standard InChI is InChI=1S/C12H20N4/c1-9-3-2-4-10(5-9)12-8-16(15-14-12)11-6-13-7-11/h8-11,13H,2-7H2,1H3. The fraction of sp³-hybridized carbons (Fsp3) is 0.833. The molecule has 3 rings (SSSR count). The summed E-state index contributed by atoms with van der Waals surface area (Å²) in [7, 11) is 0. The van der Waals surface area contributed by atoms with Gasteiger partial charge >= 0.3 is 0 Å². The third-order valence-corrected chi connectivity index (χ3v) is 4.02. The summed E-state index contributed by atoms with van der Waals surface area (Å²) in [6.45, 7) is 4.44. The summed E-state index contributed by atoms with van der Waals surface area (Å²) in [6.07, 6.45) is 7.50. The molecular formula is C12H20N4. The van der Waals surface area contributed by atoms with Gasteiger partial charge in [-0.25, -0.2) is 4.68 Å². The van der Waals surface area contributed by atoms with Crippen LogP contribution in [0.15, 0.2) is 6.20 Å². The van der Waals surface area contributed by atoms with E-state index in [-0.39, 0.29) is 0 Å². The molecule has 1 aliphatic carbocycles. The van der Waals surface area contributed by atoms with Crippen molar-refractivity contribution in [2.45, 2.75) is 44.6 Å². The second-order valence-electron chi connectivity index (χ2n) is 5.40. The first kappa shape index (κ1) is 10.3. The molecule has 0 bridgehead atoms. The largest absolute Gasteiger partial charge is 0.312 e. The van der Waals surface area contributed by atoms with E-state index in [9.17, 15) is 0 Å². The summed E-state index contributed by atoms with van der Waals surface area (Å²) in [4.78, 5) is 0. The van der Waals surface area contributed by atoms with Crippen molar-refractivity contribution in [3.63, 3.8) is 0 Å². The summed E-state index contributed by atoms with van der Waals surface area (Å²) in [5.41, 5.74) is 1.22. The van der Waals surface area contributed by atoms with Crippen molar-refractivity contribution >= 4 is 0 Å². The predicted octanol–water partition coefficient (Wildman–Crippen LogP) is 1.72. The second kappa shape index (κ2) is 4.17. The number of nitrogens with one attached hydrogen (secondary N) is 1. The SMILES string of the molecule is CC1CCCC(c2cn(C3CNC3)nn2)C1. The van der Waals surface area contributed by atoms with Crippen molar-refractivity contribution in [2.24, 2.45) is 5.92 Å². The van der Waals surface area contributed by atoms with Crippen LogP contribution >= 0.6 is 0 Å². The van der Waals surface area contributed by atoms with Gasteiger partial charge in [-0.3, -0.25) is 0 Å². The van der Waals surface area contributed by atoms with Gasteiger partial charge in [0.1, 0.15) is 0 Å². The van der Waals surface area contributed by atoms with Crippen molar-refractivity contribution in [1.29, 1.82) is 0 Å². The number of rotatable bonds is 2. The lowest BCUT2D eigenvalue weighted by molar-refractivity contribution is 0.312. The molecule has 16 heavy (non-hydrogen) atoms. The molecule has 0 aromatic carbocycles. The molecule has 2 atom stereocenters. The van der Waals surface area contributed by atoms with Crippen LogP contribution in [0, 0.1) is 5.92 Å². The van der Waals surface area contributed by atoms with E-state index in [0.717, 1.165) is 19.0 Å². The van der Waals surface area contributed by atoms with Crippen LogP contribution in [0.25, 0.3) is 0 Å². The molecule has 4 nitrogen and oxygen atoms in total. The van der Waals surface area contributed by atoms with E-state index in [1.54, 1.807) is 0 Å². The molecule has 2 heterocycles. The van der Waals surface area contributed by atoms with Crippen LogP contribution in [-0.2, 0) is 0 Å². The minimum Gasteiger partial charge on any atom is -0.312 e. The number of hydrogen-bond donors (Lipinski definition) is 1. The Morgan fingerprint density at radius 2 is 2.25 bits per heavy atom. The zero-order valence-corrected chi connectivity index (χ0v) is 9.89. The highest BCUT2D eigenvalue weighted by Crippen LogP contribution is 2.34. The van der Waals surface area contributed by atoms with Crippen LogP contribution in [-0.4, -0.2) is 28.1 Å². The maximum atomic E-state index is 4.36. The Balaban J connectivity index is 1.70. The number of nitrogens with zero attached hydrogens (tertiary/aromatic N) is 3. The van der Waals surface area contributed by atoms with Crippen molar-refractivity contribution in [2.75, 3.05) is 13.1 Å². The first-order valence-electron chi connectivity index (χ1n) is 6.45. The van der Waals surface area contributed by atoms with Gasteiger partial charge in [0.05, 0.1) is 11.7 Å². The van der Waals surface area contributed by atoms with Gasteiger partial charge in [0.25, 0.3) is 0 Å². The Morgan fingerprint density at radius 3 is 2.94 bits per heavy atom. The molecule has 1 saturated heterocycles. The van der Waals surface area contributed by atoms with Crippen LogP contribution in [0.3, 0.4) is 0 Å². The second-order valence-corrected chi connectivity index (χ2v) is 5.40. The monoisotopic (exact) mass is 220 g/mol. The molecule has 1 aromatic rings. The van der Waals surface area contributed by atoms with Crippen molar-refractivity contribution < 1.29 is 0 Å². The summed E-state index contributed by atoms with van der Waals surface area (Å²) in [5, 5.41) is 11.9. The van der Waals surface area contributed by atoms with Gasteiger partial charge in [-0.1, -0.05) is 25.0 Å². The van der Waals surface area contributed by atoms with E-state index in [1.165, 1.54) is 31.4 Å². The summed E-state index contributed by atoms with van der Waals surface area (Å²) < 4.78 is 2.05. The lowest BCUT2D eigenvalue weighted by Crippen LogP contribution is -2.43. The summed E-state index contributed by atoms with van der Waals surface area (Å²) >= 11 is 0. The van der Waals surface area contributed by atoms with Gasteiger partial charge in [0.2, 0.25) is 0 Å². The minimum atomic E-state index is 0.544. The van der Waals surface area contributed by atoms with E-state index in [2.05, 4.69) is 28.7 Å². The molecule has 1 N–H and O–H groups in total. The fourth-order valence-corrected chi connectivity index (χ4v) is 2.82. The molecule has 2 fully saturated rings. The Hall–Kier alpha value is -0.900. The van der Waals surface area contributed by atoms with Gasteiger partial charge < -0.3 is 5.32 Å². The zero-order chi connectivity index (χ0) is 11.0. The van der Waals surface area contributed by atoms with E-state index in [1.807, 2.05) is 4.68 Å². The zero-order valence-electron chi connectivity index (χ0n) is 9.89. The first-order chi connectivity index (χ1) is 7.83. The quantitative estimate of drug-likeness (QED) is 0.825. The van der Waals surface area contributed by atoms with Crippen LogP contribution in [0.5, 0.6) is 0 Å². The normalized spacial score (nSPS) is 31.3. The van der Waals surface area contributed by atoms with Gasteiger partial charge in [-0.05, 0) is 18.8 Å². The Labute approximate surface area is 96.4 Å². The third-order valence-electron chi connectivity index (χ3n) is 4.02. The molecule has 88 valence electrons. The summed E-state index contributed by atoms with van der Waals surface area (Å²) in [5.74, 6) is 1.51. The molecule has 2 unspecified atom stereocenters. The Morgan fingerprint density at radius 1 is 1.38 bits per heavy atom. The average molecular weight is 220 g/mol. The van der Waals surface area contributed by atoms with E-state index >= 15 is 0 Å². The minimum absolute atomic E-state index is 0.544. The van der Waals surface area contributed by atoms with Gasteiger partial charge in [-0.2, -0.15) is 0 Å². The highest BCUT2D eigenvalue weighted by atomic mass is 15.4. The lowest BCUT2D eigenvalue weighted by Gasteiger charge is -2.27. The van der Waals surface area contributed by atoms with Crippen molar-refractivity contribution in [3.05, 3.63) is 11.9 Å². The molecule has 0 amide bonds. The van der Waals surface area contributed by atoms with Crippen molar-refractivity contribution in [3.8, 4) is 0 Å². The van der Waals surface area contributed by atoms with E-state index in [0.29, 0.717) is 12.0 Å². The fourth-order valence-electron chi connectivity index (χ4n) is 2.82. The van der Waals surface area contributed by atoms with Crippen LogP contribution in [0.1, 0.15) is 50.3 Å². The average Bonchev–Trinajstić information content (AvgIpc) is 2.64. The van der Waals surface area contributed by atoms with Crippen molar-refractivity contribution in [1.82, 2.24) is 20.3 Å². The molecule has 0 spiro atoms. The van der Waals surface area contributed by atoms with Gasteiger partial charge in [0.15, 0.2) is 0 Å². The Bertz CT molecular complexity index is 356. The molecule has 0 radical (unpaired) electrons.